The van der Waals surface area contributed by atoms with Crippen LogP contribution in [0.4, 0.5) is 0 Å². The van der Waals surface area contributed by atoms with Crippen molar-refractivity contribution >= 4 is 53.4 Å². The number of hydrogen-bond acceptors (Lipinski definition) is 5. The van der Waals surface area contributed by atoms with Crippen LogP contribution in [0.3, 0.4) is 0 Å². The van der Waals surface area contributed by atoms with Gasteiger partial charge in [0, 0.05) is 55.3 Å². The maximum Gasteiger partial charge on any atom is 0.163 e. The van der Waals surface area contributed by atoms with E-state index in [-0.39, 0.29) is 0 Å². The minimum Gasteiger partial charge on any atom is -0.291 e. The minimum absolute atomic E-state index is 0.641. The quantitative estimate of drug-likeness (QED) is 0.244. The lowest BCUT2D eigenvalue weighted by Crippen LogP contribution is -2.00. The van der Waals surface area contributed by atoms with Gasteiger partial charge in [-0.25, -0.2) is 15.0 Å². The SMILES string of the molecule is c1ccc(-c2ccc3c(n2)c2ccc4sc5ccccc5c4c2n3-c2ccnc(-c3cccnc3)n2)cc1. The van der Waals surface area contributed by atoms with E-state index in [9.17, 15) is 0 Å². The Labute approximate surface area is 221 Å². The van der Waals surface area contributed by atoms with Crippen LogP contribution in [0.2, 0.25) is 0 Å². The lowest BCUT2D eigenvalue weighted by Gasteiger charge is -2.09. The Hall–Kier alpha value is -4.94. The first-order valence-electron chi connectivity index (χ1n) is 12.4. The molecule has 38 heavy (non-hydrogen) atoms. The molecule has 0 saturated carbocycles. The number of nitrogens with zero attached hydrogens (tertiary/aromatic N) is 5. The Morgan fingerprint density at radius 1 is 0.632 bits per heavy atom. The Kier molecular flexibility index (Phi) is 4.62. The summed E-state index contributed by atoms with van der Waals surface area (Å²) in [7, 11) is 0. The van der Waals surface area contributed by atoms with Crippen molar-refractivity contribution < 1.29 is 0 Å². The van der Waals surface area contributed by atoms with Gasteiger partial charge in [0.2, 0.25) is 0 Å². The van der Waals surface area contributed by atoms with Gasteiger partial charge in [-0.05, 0) is 48.5 Å². The van der Waals surface area contributed by atoms with Crippen molar-refractivity contribution in [1.82, 2.24) is 24.5 Å². The molecule has 0 amide bonds. The van der Waals surface area contributed by atoms with Gasteiger partial charge in [0.25, 0.3) is 0 Å². The molecule has 0 bridgehead atoms. The highest BCUT2D eigenvalue weighted by molar-refractivity contribution is 7.26. The van der Waals surface area contributed by atoms with Gasteiger partial charge < -0.3 is 0 Å². The van der Waals surface area contributed by atoms with E-state index in [1.807, 2.05) is 53.9 Å². The Balaban J connectivity index is 1.51. The Morgan fingerprint density at radius 2 is 1.50 bits per heavy atom. The van der Waals surface area contributed by atoms with Crippen LogP contribution in [0.25, 0.3) is 70.6 Å². The summed E-state index contributed by atoms with van der Waals surface area (Å²) < 4.78 is 4.76. The smallest absolute Gasteiger partial charge is 0.163 e. The first kappa shape index (κ1) is 21.2. The lowest BCUT2D eigenvalue weighted by atomic mass is 10.1. The third kappa shape index (κ3) is 3.17. The number of rotatable bonds is 3. The number of fused-ring (bicyclic) bond motifs is 7. The standard InChI is InChI=1S/C32H19N5S/c1-2-7-20(8-3-1)24-13-14-25-30(35-24)23-12-15-27-29(22-10-4-5-11-26(22)38-27)31(23)37(25)28-16-18-34-32(36-28)21-9-6-17-33-19-21/h1-19H. The largest absolute Gasteiger partial charge is 0.291 e. The second kappa shape index (κ2) is 8.30. The Bertz CT molecular complexity index is 2130. The van der Waals surface area contributed by atoms with Gasteiger partial charge in [-0.15, -0.1) is 11.3 Å². The van der Waals surface area contributed by atoms with E-state index < -0.39 is 0 Å². The second-order valence-corrected chi connectivity index (χ2v) is 10.3. The van der Waals surface area contributed by atoms with Crippen LogP contribution in [0.15, 0.2) is 116 Å². The highest BCUT2D eigenvalue weighted by atomic mass is 32.1. The van der Waals surface area contributed by atoms with Crippen molar-refractivity contribution in [3.8, 4) is 28.5 Å². The predicted octanol–water partition coefficient (Wildman–Crippen LogP) is 8.07. The number of thiophene rings is 1. The van der Waals surface area contributed by atoms with Gasteiger partial charge in [0.15, 0.2) is 5.82 Å². The zero-order valence-corrected chi connectivity index (χ0v) is 20.9. The van der Waals surface area contributed by atoms with Crippen LogP contribution in [0.1, 0.15) is 0 Å². The van der Waals surface area contributed by atoms with Gasteiger partial charge in [-0.1, -0.05) is 48.5 Å². The van der Waals surface area contributed by atoms with Gasteiger partial charge >= 0.3 is 0 Å². The molecule has 0 saturated heterocycles. The summed E-state index contributed by atoms with van der Waals surface area (Å²) in [6.07, 6.45) is 5.37. The van der Waals surface area contributed by atoms with E-state index >= 15 is 0 Å². The molecule has 5 heterocycles. The summed E-state index contributed by atoms with van der Waals surface area (Å²) in [5.41, 5.74) is 6.01. The molecule has 6 heteroatoms. The zero-order valence-electron chi connectivity index (χ0n) is 20.1. The summed E-state index contributed by atoms with van der Waals surface area (Å²) in [6.45, 7) is 0. The molecule has 5 aromatic heterocycles. The van der Waals surface area contributed by atoms with Crippen LogP contribution < -0.4 is 0 Å². The van der Waals surface area contributed by atoms with Gasteiger partial charge in [0.05, 0.1) is 22.2 Å². The van der Waals surface area contributed by atoms with E-state index in [1.165, 1.54) is 20.2 Å². The average Bonchev–Trinajstić information content (AvgIpc) is 3.53. The molecule has 0 aliphatic heterocycles. The van der Waals surface area contributed by atoms with Crippen molar-refractivity contribution in [3.05, 3.63) is 116 Å². The van der Waals surface area contributed by atoms with E-state index in [0.717, 1.165) is 44.6 Å². The monoisotopic (exact) mass is 505 g/mol. The molecular formula is C32H19N5S. The normalized spacial score (nSPS) is 11.7. The molecule has 0 aliphatic carbocycles. The first-order chi connectivity index (χ1) is 18.8. The first-order valence-corrected chi connectivity index (χ1v) is 13.2. The molecule has 0 fully saturated rings. The van der Waals surface area contributed by atoms with Crippen LogP contribution in [0.5, 0.6) is 0 Å². The molecule has 0 radical (unpaired) electrons. The fourth-order valence-corrected chi connectivity index (χ4v) is 6.40. The van der Waals surface area contributed by atoms with Crippen molar-refractivity contribution in [3.63, 3.8) is 0 Å². The summed E-state index contributed by atoms with van der Waals surface area (Å²) in [5, 5.41) is 3.58. The van der Waals surface area contributed by atoms with Crippen LogP contribution in [0, 0.1) is 0 Å². The van der Waals surface area contributed by atoms with Gasteiger partial charge in [-0.3, -0.25) is 9.55 Å². The van der Waals surface area contributed by atoms with Crippen molar-refractivity contribution in [2.45, 2.75) is 0 Å². The molecule has 0 spiro atoms. The predicted molar refractivity (Wildman–Crippen MR) is 156 cm³/mol. The molecule has 8 rings (SSSR count). The number of aromatic nitrogens is 5. The fraction of sp³-hybridized carbons (Fsp3) is 0. The zero-order chi connectivity index (χ0) is 25.1. The van der Waals surface area contributed by atoms with Crippen molar-refractivity contribution in [1.29, 1.82) is 0 Å². The topological polar surface area (TPSA) is 56.5 Å². The third-order valence-corrected chi connectivity index (χ3v) is 8.10. The van der Waals surface area contributed by atoms with E-state index in [1.54, 1.807) is 12.4 Å². The number of pyridine rings is 2. The van der Waals surface area contributed by atoms with Crippen LogP contribution in [-0.4, -0.2) is 24.5 Å². The molecule has 3 aromatic carbocycles. The van der Waals surface area contributed by atoms with E-state index in [0.29, 0.717) is 5.82 Å². The maximum absolute atomic E-state index is 5.20. The Morgan fingerprint density at radius 3 is 2.39 bits per heavy atom. The van der Waals surface area contributed by atoms with Crippen molar-refractivity contribution in [2.75, 3.05) is 0 Å². The van der Waals surface area contributed by atoms with Crippen LogP contribution in [-0.2, 0) is 0 Å². The lowest BCUT2D eigenvalue weighted by molar-refractivity contribution is 1.04. The third-order valence-electron chi connectivity index (χ3n) is 6.97. The summed E-state index contributed by atoms with van der Waals surface area (Å²) in [4.78, 5) is 19.0. The number of hydrogen-bond donors (Lipinski definition) is 0. The minimum atomic E-state index is 0.641. The van der Waals surface area contributed by atoms with E-state index in [2.05, 4.69) is 75.2 Å². The van der Waals surface area contributed by atoms with Crippen LogP contribution >= 0.6 is 11.3 Å². The summed E-state index contributed by atoms with van der Waals surface area (Å²) in [5.74, 6) is 1.44. The highest BCUT2D eigenvalue weighted by Crippen LogP contribution is 2.42. The molecule has 0 aliphatic rings. The molecule has 0 N–H and O–H groups in total. The fourth-order valence-electron chi connectivity index (χ4n) is 5.29. The molecule has 0 unspecified atom stereocenters. The van der Waals surface area contributed by atoms with Gasteiger partial charge in [0.1, 0.15) is 5.82 Å². The average molecular weight is 506 g/mol. The molecule has 8 aromatic rings. The molecule has 5 nitrogen and oxygen atoms in total. The highest BCUT2D eigenvalue weighted by Gasteiger charge is 2.20. The van der Waals surface area contributed by atoms with Gasteiger partial charge in [-0.2, -0.15) is 0 Å². The van der Waals surface area contributed by atoms with E-state index in [4.69, 9.17) is 9.97 Å². The van der Waals surface area contributed by atoms with Crippen molar-refractivity contribution in [2.24, 2.45) is 0 Å². The second-order valence-electron chi connectivity index (χ2n) is 9.18. The summed E-state index contributed by atoms with van der Waals surface area (Å²) >= 11 is 1.82. The summed E-state index contributed by atoms with van der Waals surface area (Å²) in [6, 6.07) is 33.5. The molecular weight excluding hydrogens is 486 g/mol. The number of benzene rings is 3. The maximum atomic E-state index is 5.20. The molecule has 0 atom stereocenters. The molecule has 178 valence electrons.